The van der Waals surface area contributed by atoms with Gasteiger partial charge in [-0.15, -0.1) is 0 Å². The molecule has 0 fully saturated rings. The Balaban J connectivity index is 2.13. The predicted octanol–water partition coefficient (Wildman–Crippen LogP) is 2.66. The van der Waals surface area contributed by atoms with E-state index < -0.39 is 33.1 Å². The lowest BCUT2D eigenvalue weighted by atomic mass is 10.1. The molecule has 0 radical (unpaired) electrons. The first-order valence-corrected chi connectivity index (χ1v) is 8.97. The van der Waals surface area contributed by atoms with Gasteiger partial charge in [-0.25, -0.2) is 22.3 Å². The molecule has 1 aliphatic rings. The third-order valence-electron chi connectivity index (χ3n) is 4.08. The van der Waals surface area contributed by atoms with Gasteiger partial charge in [-0.1, -0.05) is 30.3 Å². The third-order valence-corrected chi connectivity index (χ3v) is 5.77. The molecular weight excluding hydrogens is 347 g/mol. The minimum Gasteiger partial charge on any atom is -0.476 e. The number of carbonyl (C=O) groups is 1. The van der Waals surface area contributed by atoms with E-state index in [2.05, 4.69) is 5.10 Å². The Morgan fingerprint density at radius 2 is 1.80 bits per heavy atom. The molecule has 0 unspecified atom stereocenters. The fourth-order valence-electron chi connectivity index (χ4n) is 3.03. The molecule has 2 aromatic carbocycles. The van der Waals surface area contributed by atoms with Crippen LogP contribution in [0, 0.1) is 5.82 Å². The second-order valence-electron chi connectivity index (χ2n) is 5.60. The number of para-hydroxylation sites is 1. The van der Waals surface area contributed by atoms with Crippen molar-refractivity contribution in [2.75, 3.05) is 0 Å². The zero-order valence-electron chi connectivity index (χ0n) is 12.7. The standard InChI is InChI=1S/C17H11FN2O4S/c18-12-6-2-3-7-13(12)20-16-10-5-1-4-8-14(10)25(23,24)9-11(16)15(19-20)17(21)22/h1-8H,9H2,(H,21,22). The Kier molecular flexibility index (Phi) is 3.26. The molecule has 6 nitrogen and oxygen atoms in total. The van der Waals surface area contributed by atoms with Crippen LogP contribution in [0.1, 0.15) is 16.1 Å². The highest BCUT2D eigenvalue weighted by Gasteiger charge is 2.36. The second kappa shape index (κ2) is 5.25. The van der Waals surface area contributed by atoms with E-state index in [4.69, 9.17) is 0 Å². The monoisotopic (exact) mass is 358 g/mol. The third kappa shape index (κ3) is 2.25. The number of hydrogen-bond acceptors (Lipinski definition) is 4. The van der Waals surface area contributed by atoms with Gasteiger partial charge in [-0.3, -0.25) is 0 Å². The van der Waals surface area contributed by atoms with Gasteiger partial charge in [0.2, 0.25) is 0 Å². The summed E-state index contributed by atoms with van der Waals surface area (Å²) in [4.78, 5) is 11.6. The van der Waals surface area contributed by atoms with E-state index in [1.165, 1.54) is 28.9 Å². The van der Waals surface area contributed by atoms with Gasteiger partial charge in [0.25, 0.3) is 0 Å². The molecule has 0 atom stereocenters. The van der Waals surface area contributed by atoms with Crippen LogP contribution in [0.2, 0.25) is 0 Å². The molecule has 2 heterocycles. The number of carboxylic acid groups (broad SMARTS) is 1. The largest absolute Gasteiger partial charge is 0.476 e. The summed E-state index contributed by atoms with van der Waals surface area (Å²) in [6, 6.07) is 12.0. The number of rotatable bonds is 2. The van der Waals surface area contributed by atoms with Crippen molar-refractivity contribution in [1.29, 1.82) is 0 Å². The van der Waals surface area contributed by atoms with Crippen LogP contribution in [0.25, 0.3) is 16.9 Å². The molecule has 0 saturated carbocycles. The Bertz CT molecular complexity index is 1140. The van der Waals surface area contributed by atoms with Crippen molar-refractivity contribution in [1.82, 2.24) is 9.78 Å². The van der Waals surface area contributed by atoms with Crippen LogP contribution in [0.4, 0.5) is 4.39 Å². The van der Waals surface area contributed by atoms with Crippen molar-refractivity contribution in [3.63, 3.8) is 0 Å². The molecule has 0 bridgehead atoms. The maximum absolute atomic E-state index is 14.3. The molecule has 0 amide bonds. The number of fused-ring (bicyclic) bond motifs is 3. The molecule has 1 aliphatic heterocycles. The van der Waals surface area contributed by atoms with E-state index in [-0.39, 0.29) is 21.8 Å². The molecule has 0 spiro atoms. The molecule has 3 aromatic rings. The van der Waals surface area contributed by atoms with Crippen LogP contribution in [0.3, 0.4) is 0 Å². The number of hydrogen-bond donors (Lipinski definition) is 1. The topological polar surface area (TPSA) is 89.3 Å². The van der Waals surface area contributed by atoms with Crippen molar-refractivity contribution in [2.24, 2.45) is 0 Å². The van der Waals surface area contributed by atoms with Gasteiger partial charge in [0.1, 0.15) is 11.5 Å². The highest BCUT2D eigenvalue weighted by Crippen LogP contribution is 2.40. The first-order chi connectivity index (χ1) is 11.9. The summed E-state index contributed by atoms with van der Waals surface area (Å²) < 4.78 is 40.5. The second-order valence-corrected chi connectivity index (χ2v) is 7.56. The van der Waals surface area contributed by atoms with Gasteiger partial charge in [0.05, 0.1) is 16.3 Å². The first kappa shape index (κ1) is 15.5. The van der Waals surface area contributed by atoms with Crippen molar-refractivity contribution in [3.8, 4) is 16.9 Å². The van der Waals surface area contributed by atoms with E-state index >= 15 is 0 Å². The maximum Gasteiger partial charge on any atom is 0.356 e. The number of aromatic nitrogens is 2. The number of nitrogens with zero attached hydrogens (tertiary/aromatic N) is 2. The first-order valence-electron chi connectivity index (χ1n) is 7.32. The molecular formula is C17H11FN2O4S. The zero-order valence-corrected chi connectivity index (χ0v) is 13.5. The summed E-state index contributed by atoms with van der Waals surface area (Å²) in [5.41, 5.74) is 0.325. The quantitative estimate of drug-likeness (QED) is 0.761. The zero-order chi connectivity index (χ0) is 17.8. The smallest absolute Gasteiger partial charge is 0.356 e. The minimum atomic E-state index is -3.70. The fourth-order valence-corrected chi connectivity index (χ4v) is 4.63. The average Bonchev–Trinajstić information content (AvgIpc) is 2.94. The lowest BCUT2D eigenvalue weighted by Crippen LogP contribution is -2.15. The number of aromatic carboxylic acids is 1. The van der Waals surface area contributed by atoms with E-state index in [0.717, 1.165) is 0 Å². The Morgan fingerprint density at radius 1 is 1.12 bits per heavy atom. The summed E-state index contributed by atoms with van der Waals surface area (Å²) in [5.74, 6) is -2.44. The van der Waals surface area contributed by atoms with Crippen LogP contribution in [0.5, 0.6) is 0 Å². The summed E-state index contributed by atoms with van der Waals surface area (Å²) in [6.07, 6.45) is 0. The molecule has 0 aliphatic carbocycles. The van der Waals surface area contributed by atoms with Gasteiger partial charge in [0, 0.05) is 11.1 Å². The van der Waals surface area contributed by atoms with Gasteiger partial charge >= 0.3 is 5.97 Å². The van der Waals surface area contributed by atoms with Crippen molar-refractivity contribution in [2.45, 2.75) is 10.6 Å². The number of halogens is 1. The molecule has 0 saturated heterocycles. The van der Waals surface area contributed by atoms with Gasteiger partial charge in [-0.2, -0.15) is 5.10 Å². The molecule has 1 N–H and O–H groups in total. The van der Waals surface area contributed by atoms with E-state index in [1.807, 2.05) is 0 Å². The van der Waals surface area contributed by atoms with Crippen LogP contribution < -0.4 is 0 Å². The molecule has 1 aromatic heterocycles. The van der Waals surface area contributed by atoms with Gasteiger partial charge in [-0.05, 0) is 18.2 Å². The average molecular weight is 358 g/mol. The Hall–Kier alpha value is -3.00. The van der Waals surface area contributed by atoms with Crippen LogP contribution in [-0.4, -0.2) is 29.3 Å². The number of sulfone groups is 1. The van der Waals surface area contributed by atoms with Crippen molar-refractivity contribution >= 4 is 15.8 Å². The normalized spacial score (nSPS) is 14.6. The Morgan fingerprint density at radius 3 is 2.52 bits per heavy atom. The predicted molar refractivity (Wildman–Crippen MR) is 86.8 cm³/mol. The summed E-state index contributed by atoms with van der Waals surface area (Å²) in [5, 5.41) is 13.4. The van der Waals surface area contributed by atoms with Crippen molar-refractivity contribution in [3.05, 3.63) is 65.6 Å². The lowest BCUT2D eigenvalue weighted by molar-refractivity contribution is 0.0689. The Labute approximate surface area is 142 Å². The van der Waals surface area contributed by atoms with Crippen LogP contribution >= 0.6 is 0 Å². The SMILES string of the molecule is O=C(O)c1nn(-c2ccccc2F)c2c1CS(=O)(=O)c1ccccc1-2. The highest BCUT2D eigenvalue weighted by atomic mass is 32.2. The summed E-state index contributed by atoms with van der Waals surface area (Å²) in [6.45, 7) is 0. The number of benzene rings is 2. The lowest BCUT2D eigenvalue weighted by Gasteiger charge is -2.19. The van der Waals surface area contributed by atoms with Crippen LogP contribution in [0.15, 0.2) is 53.4 Å². The van der Waals surface area contributed by atoms with E-state index in [9.17, 15) is 22.7 Å². The minimum absolute atomic E-state index is 0.0559. The van der Waals surface area contributed by atoms with Crippen LogP contribution in [-0.2, 0) is 15.6 Å². The van der Waals surface area contributed by atoms with Gasteiger partial charge in [0.15, 0.2) is 15.5 Å². The fraction of sp³-hybridized carbons (Fsp3) is 0.0588. The maximum atomic E-state index is 14.3. The molecule has 8 heteroatoms. The summed E-state index contributed by atoms with van der Waals surface area (Å²) in [7, 11) is -3.70. The number of carboxylic acids is 1. The van der Waals surface area contributed by atoms with Crippen molar-refractivity contribution < 1.29 is 22.7 Å². The highest BCUT2D eigenvalue weighted by molar-refractivity contribution is 7.90. The molecule has 25 heavy (non-hydrogen) atoms. The van der Waals surface area contributed by atoms with E-state index in [1.54, 1.807) is 24.3 Å². The van der Waals surface area contributed by atoms with E-state index in [0.29, 0.717) is 5.56 Å². The van der Waals surface area contributed by atoms with Gasteiger partial charge < -0.3 is 5.11 Å². The molecule has 126 valence electrons. The molecule has 4 rings (SSSR count). The summed E-state index contributed by atoms with van der Waals surface area (Å²) >= 11 is 0.